The van der Waals surface area contributed by atoms with Crippen LogP contribution in [0.3, 0.4) is 0 Å². The second-order valence-corrected chi connectivity index (χ2v) is 11.4. The largest absolute Gasteiger partial charge is 0.446 e. The van der Waals surface area contributed by atoms with Crippen LogP contribution in [-0.4, -0.2) is 58.9 Å². The predicted octanol–water partition coefficient (Wildman–Crippen LogP) is 4.04. The minimum absolute atomic E-state index is 0.158. The van der Waals surface area contributed by atoms with Crippen molar-refractivity contribution < 1.29 is 29.3 Å². The van der Waals surface area contributed by atoms with E-state index in [9.17, 15) is 19.8 Å². The average Bonchev–Trinajstić information content (AvgIpc) is 3.51. The topological polar surface area (TPSA) is 112 Å². The van der Waals surface area contributed by atoms with Crippen LogP contribution in [0.5, 0.6) is 0 Å². The minimum Gasteiger partial charge on any atom is -0.446 e. The number of nitrogens with one attached hydrogen (secondary N) is 1. The molecule has 8 nitrogen and oxygen atoms in total. The summed E-state index contributed by atoms with van der Waals surface area (Å²) in [7, 11) is 1.65. The van der Waals surface area contributed by atoms with Crippen LogP contribution in [0.15, 0.2) is 35.9 Å². The summed E-state index contributed by atoms with van der Waals surface area (Å²) in [6.07, 6.45) is 3.47. The molecule has 2 saturated heterocycles. The van der Waals surface area contributed by atoms with Crippen molar-refractivity contribution in [2.75, 3.05) is 11.9 Å². The Hall–Kier alpha value is -2.39. The van der Waals surface area contributed by atoms with E-state index in [0.717, 1.165) is 16.7 Å². The van der Waals surface area contributed by atoms with Gasteiger partial charge in [0, 0.05) is 25.3 Å². The molecule has 1 aromatic rings. The monoisotopic (exact) mass is 532 g/mol. The number of ether oxygens (including phenoxy) is 2. The Bertz CT molecular complexity index is 1150. The number of nitrogens with zero attached hydrogens (tertiary/aromatic N) is 1. The van der Waals surface area contributed by atoms with Gasteiger partial charge in [-0.2, -0.15) is 0 Å². The average molecular weight is 533 g/mol. The van der Waals surface area contributed by atoms with Gasteiger partial charge in [0.1, 0.15) is 17.4 Å². The quantitative estimate of drug-likeness (QED) is 0.435. The molecule has 4 bridgehead atoms. The lowest BCUT2D eigenvalue weighted by molar-refractivity contribution is -0.121. The van der Waals surface area contributed by atoms with Crippen molar-refractivity contribution in [3.8, 4) is 0 Å². The second-order valence-electron chi connectivity index (χ2n) is 11.1. The molecule has 3 aliphatic rings. The summed E-state index contributed by atoms with van der Waals surface area (Å²) in [5.41, 5.74) is 1.02. The van der Waals surface area contributed by atoms with E-state index in [-0.39, 0.29) is 24.7 Å². The number of carbonyl (C=O) groups is 2. The fourth-order valence-electron chi connectivity index (χ4n) is 5.40. The Balaban J connectivity index is 1.71. The fraction of sp³-hybridized carbons (Fsp3) is 0.571. The SMILES string of the molecule is C/C1=C\C=C\C(C)C2(O)CC(OC(=O)N2)C(C)C2OC2(C)C(O)CC(=O)N(C)c2cc(cc(C)c2Cl)C1. The van der Waals surface area contributed by atoms with Crippen molar-refractivity contribution >= 4 is 29.3 Å². The number of amides is 2. The van der Waals surface area contributed by atoms with Gasteiger partial charge < -0.3 is 24.6 Å². The maximum Gasteiger partial charge on any atom is 0.409 e. The minimum atomic E-state index is -1.50. The number of epoxide rings is 1. The summed E-state index contributed by atoms with van der Waals surface area (Å²) in [6.45, 7) is 9.36. The highest BCUT2D eigenvalue weighted by Crippen LogP contribution is 2.48. The molecule has 4 rings (SSSR count). The van der Waals surface area contributed by atoms with Crippen molar-refractivity contribution in [2.45, 2.75) is 83.5 Å². The van der Waals surface area contributed by atoms with E-state index < -0.39 is 41.6 Å². The maximum atomic E-state index is 13.2. The van der Waals surface area contributed by atoms with Crippen LogP contribution in [-0.2, 0) is 20.7 Å². The van der Waals surface area contributed by atoms with Gasteiger partial charge in [-0.05, 0) is 44.4 Å². The van der Waals surface area contributed by atoms with Crippen molar-refractivity contribution in [2.24, 2.45) is 11.8 Å². The number of alkyl carbamates (subject to hydrolysis) is 1. The Morgan fingerprint density at radius 3 is 2.62 bits per heavy atom. The molecule has 202 valence electrons. The molecule has 7 atom stereocenters. The highest BCUT2D eigenvalue weighted by atomic mass is 35.5. The number of hydrogen-bond donors (Lipinski definition) is 3. The molecular weight excluding hydrogens is 496 g/mol. The molecule has 7 unspecified atom stereocenters. The molecule has 2 fully saturated rings. The summed E-state index contributed by atoms with van der Waals surface area (Å²) in [6, 6.07) is 3.90. The number of rotatable bonds is 0. The van der Waals surface area contributed by atoms with Crippen LogP contribution < -0.4 is 10.2 Å². The van der Waals surface area contributed by atoms with Gasteiger partial charge in [0.2, 0.25) is 5.91 Å². The van der Waals surface area contributed by atoms with E-state index in [1.54, 1.807) is 14.0 Å². The lowest BCUT2D eigenvalue weighted by Crippen LogP contribution is -2.60. The van der Waals surface area contributed by atoms with Gasteiger partial charge in [-0.1, -0.05) is 55.3 Å². The highest BCUT2D eigenvalue weighted by Gasteiger charge is 2.62. The number of aryl methyl sites for hydroxylation is 1. The summed E-state index contributed by atoms with van der Waals surface area (Å²) >= 11 is 6.59. The van der Waals surface area contributed by atoms with Crippen LogP contribution in [0.4, 0.5) is 10.5 Å². The van der Waals surface area contributed by atoms with Crippen LogP contribution >= 0.6 is 11.6 Å². The second kappa shape index (κ2) is 10.1. The molecule has 3 aliphatic heterocycles. The van der Waals surface area contributed by atoms with Gasteiger partial charge >= 0.3 is 6.09 Å². The van der Waals surface area contributed by atoms with Gasteiger partial charge in [0.25, 0.3) is 0 Å². The third-order valence-corrected chi connectivity index (χ3v) is 8.61. The van der Waals surface area contributed by atoms with Gasteiger partial charge in [-0.25, -0.2) is 4.79 Å². The van der Waals surface area contributed by atoms with E-state index in [4.69, 9.17) is 21.1 Å². The maximum absolute atomic E-state index is 13.2. The molecule has 1 aromatic carbocycles. The third kappa shape index (κ3) is 5.43. The van der Waals surface area contributed by atoms with Crippen molar-refractivity contribution in [3.63, 3.8) is 0 Å². The molecule has 0 radical (unpaired) electrons. The number of anilines is 1. The summed E-state index contributed by atoms with van der Waals surface area (Å²) in [5, 5.41) is 25.4. The zero-order valence-corrected chi connectivity index (χ0v) is 23.0. The van der Waals surface area contributed by atoms with Crippen LogP contribution in [0.1, 0.15) is 51.7 Å². The van der Waals surface area contributed by atoms with Gasteiger partial charge in [-0.15, -0.1) is 0 Å². The molecule has 3 heterocycles. The molecular formula is C28H37ClN2O6. The zero-order valence-electron chi connectivity index (χ0n) is 22.2. The smallest absolute Gasteiger partial charge is 0.409 e. The number of fused-ring (bicyclic) bond motifs is 5. The lowest BCUT2D eigenvalue weighted by Gasteiger charge is -2.41. The Kier molecular flexibility index (Phi) is 7.51. The summed E-state index contributed by atoms with van der Waals surface area (Å²) in [4.78, 5) is 27.1. The number of aliphatic hydroxyl groups is 2. The van der Waals surface area contributed by atoms with E-state index in [2.05, 4.69) is 5.32 Å². The first kappa shape index (κ1) is 27.6. The molecule has 0 aromatic heterocycles. The van der Waals surface area contributed by atoms with Crippen molar-refractivity contribution in [1.82, 2.24) is 5.32 Å². The normalized spacial score (nSPS) is 39.1. The molecule has 9 heteroatoms. The number of halogens is 1. The third-order valence-electron chi connectivity index (χ3n) is 8.12. The number of allylic oxidation sites excluding steroid dienone is 3. The van der Waals surface area contributed by atoms with Crippen molar-refractivity contribution in [1.29, 1.82) is 0 Å². The molecule has 0 spiro atoms. The first-order chi connectivity index (χ1) is 17.2. The molecule has 3 N–H and O–H groups in total. The molecule has 0 aliphatic carbocycles. The van der Waals surface area contributed by atoms with Crippen LogP contribution in [0, 0.1) is 18.8 Å². The standard InChI is InChI=1S/C28H37ClN2O6/c1-15-8-7-9-17(3)28(35)14-21(36-26(34)30-28)18(4)25-27(5,37-25)22(32)13-23(33)31(6)20-12-19(10-15)11-16(2)24(20)29/h7-9,11-12,17-18,21-22,25,32,35H,10,13-14H2,1-6H3,(H,30,34)/b9-7+,15-8+. The predicted molar refractivity (Wildman–Crippen MR) is 141 cm³/mol. The van der Waals surface area contributed by atoms with Gasteiger partial charge in [0.05, 0.1) is 29.3 Å². The Labute approximate surface area is 223 Å². The number of benzene rings is 1. The van der Waals surface area contributed by atoms with Gasteiger partial charge in [0.15, 0.2) is 0 Å². The zero-order chi connectivity index (χ0) is 27.3. The van der Waals surface area contributed by atoms with Gasteiger partial charge in [-0.3, -0.25) is 10.1 Å². The Morgan fingerprint density at radius 1 is 1.22 bits per heavy atom. The molecule has 37 heavy (non-hydrogen) atoms. The summed E-state index contributed by atoms with van der Waals surface area (Å²) in [5.74, 6) is -1.01. The van der Waals surface area contributed by atoms with E-state index >= 15 is 0 Å². The fourth-order valence-corrected chi connectivity index (χ4v) is 5.64. The number of hydrogen-bond acceptors (Lipinski definition) is 6. The van der Waals surface area contributed by atoms with Crippen molar-refractivity contribution in [3.05, 3.63) is 52.1 Å². The highest BCUT2D eigenvalue weighted by molar-refractivity contribution is 6.34. The Morgan fingerprint density at radius 2 is 1.92 bits per heavy atom. The first-order valence-electron chi connectivity index (χ1n) is 12.7. The van der Waals surface area contributed by atoms with Crippen LogP contribution in [0.25, 0.3) is 0 Å². The lowest BCUT2D eigenvalue weighted by atomic mass is 9.82. The molecule has 0 saturated carbocycles. The first-order valence-corrected chi connectivity index (χ1v) is 13.1. The molecule has 2 amide bonds. The number of aliphatic hydroxyl groups excluding tert-OH is 1. The van der Waals surface area contributed by atoms with E-state index in [1.165, 1.54) is 4.90 Å². The van der Waals surface area contributed by atoms with E-state index in [0.29, 0.717) is 17.1 Å². The van der Waals surface area contributed by atoms with E-state index in [1.807, 2.05) is 58.1 Å². The summed E-state index contributed by atoms with van der Waals surface area (Å²) < 4.78 is 11.4. The number of carbonyl (C=O) groups excluding carboxylic acids is 2. The van der Waals surface area contributed by atoms with Crippen LogP contribution in [0.2, 0.25) is 5.02 Å².